The van der Waals surface area contributed by atoms with E-state index in [2.05, 4.69) is 15.2 Å². The van der Waals surface area contributed by atoms with Gasteiger partial charge in [0.25, 0.3) is 0 Å². The molecule has 0 bridgehead atoms. The lowest BCUT2D eigenvalue weighted by Crippen LogP contribution is -2.44. The van der Waals surface area contributed by atoms with Crippen molar-refractivity contribution in [1.82, 2.24) is 14.8 Å². The number of hydrogen-bond acceptors (Lipinski definition) is 6. The number of rotatable bonds is 5. The normalized spacial score (nSPS) is 16.3. The molecule has 2 heterocycles. The van der Waals surface area contributed by atoms with Gasteiger partial charge in [0.05, 0.1) is 11.5 Å². The van der Waals surface area contributed by atoms with Gasteiger partial charge in [-0.05, 0) is 18.9 Å². The van der Waals surface area contributed by atoms with Crippen LogP contribution in [-0.4, -0.2) is 65.4 Å². The number of nitrogens with one attached hydrogen (secondary N) is 1. The van der Waals surface area contributed by atoms with Crippen molar-refractivity contribution in [2.45, 2.75) is 18.9 Å². The number of nitrogens with zero attached hydrogens (tertiary/aromatic N) is 4. The Morgan fingerprint density at radius 1 is 1.50 bits per heavy atom. The van der Waals surface area contributed by atoms with Crippen LogP contribution in [0.3, 0.4) is 0 Å². The summed E-state index contributed by atoms with van der Waals surface area (Å²) in [5.41, 5.74) is -0.00675. The molecule has 0 saturated carbocycles. The van der Waals surface area contributed by atoms with E-state index in [9.17, 15) is 14.9 Å². The smallest absolute Gasteiger partial charge is 0.311 e. The number of hydrogen-bond donors (Lipinski definition) is 1. The first-order valence-electron chi connectivity index (χ1n) is 7.26. The van der Waals surface area contributed by atoms with Gasteiger partial charge in [0, 0.05) is 45.5 Å². The van der Waals surface area contributed by atoms with Gasteiger partial charge in [-0.3, -0.25) is 19.8 Å². The van der Waals surface area contributed by atoms with Crippen LogP contribution in [0.25, 0.3) is 0 Å². The Kier molecular flexibility index (Phi) is 5.26. The zero-order valence-electron chi connectivity index (χ0n) is 12.9. The van der Waals surface area contributed by atoms with Crippen LogP contribution in [0.5, 0.6) is 0 Å². The highest BCUT2D eigenvalue weighted by Gasteiger charge is 2.24. The van der Waals surface area contributed by atoms with E-state index >= 15 is 0 Å². The summed E-state index contributed by atoms with van der Waals surface area (Å²) in [5, 5.41) is 14.1. The summed E-state index contributed by atoms with van der Waals surface area (Å²) < 4.78 is 0. The van der Waals surface area contributed by atoms with E-state index in [1.54, 1.807) is 31.3 Å². The number of carbonyl (C=O) groups is 1. The maximum Gasteiger partial charge on any atom is 0.311 e. The van der Waals surface area contributed by atoms with E-state index in [4.69, 9.17) is 0 Å². The van der Waals surface area contributed by atoms with Gasteiger partial charge in [-0.2, -0.15) is 0 Å². The topological polar surface area (TPSA) is 91.6 Å². The van der Waals surface area contributed by atoms with Crippen molar-refractivity contribution in [3.63, 3.8) is 0 Å². The van der Waals surface area contributed by atoms with Gasteiger partial charge in [-0.1, -0.05) is 0 Å². The van der Waals surface area contributed by atoms with Gasteiger partial charge in [0.2, 0.25) is 11.7 Å². The summed E-state index contributed by atoms with van der Waals surface area (Å²) >= 11 is 0. The van der Waals surface area contributed by atoms with Crippen molar-refractivity contribution < 1.29 is 9.72 Å². The van der Waals surface area contributed by atoms with Crippen LogP contribution in [-0.2, 0) is 4.79 Å². The van der Waals surface area contributed by atoms with Gasteiger partial charge in [0.1, 0.15) is 0 Å². The summed E-state index contributed by atoms with van der Waals surface area (Å²) in [6.45, 7) is 2.00. The molecule has 1 saturated heterocycles. The Morgan fingerprint density at radius 2 is 2.18 bits per heavy atom. The van der Waals surface area contributed by atoms with E-state index in [-0.39, 0.29) is 17.6 Å². The fourth-order valence-corrected chi connectivity index (χ4v) is 2.42. The largest absolute Gasteiger partial charge is 0.362 e. The van der Waals surface area contributed by atoms with Crippen LogP contribution in [0.2, 0.25) is 0 Å². The number of pyridine rings is 1. The molecule has 0 aromatic carbocycles. The summed E-state index contributed by atoms with van der Waals surface area (Å²) in [6.07, 6.45) is 3.20. The first-order valence-corrected chi connectivity index (χ1v) is 7.26. The van der Waals surface area contributed by atoms with E-state index in [0.29, 0.717) is 12.4 Å². The fourth-order valence-electron chi connectivity index (χ4n) is 2.42. The van der Waals surface area contributed by atoms with Crippen LogP contribution in [0.4, 0.5) is 11.5 Å². The number of nitro groups is 1. The standard InChI is InChI=1S/C14H21N5O3/c1-17(2)13(20)10-18-8-5-11(6-9-18)16-14-12(19(21)22)4-3-7-15-14/h3-4,7,11H,5-6,8-10H2,1-2H3,(H,15,16). The minimum absolute atomic E-state index is 0.00675. The molecule has 1 N–H and O–H groups in total. The molecule has 1 aromatic heterocycles. The minimum Gasteiger partial charge on any atom is -0.362 e. The summed E-state index contributed by atoms with van der Waals surface area (Å²) in [5.74, 6) is 0.405. The molecule has 1 amide bonds. The quantitative estimate of drug-likeness (QED) is 0.643. The van der Waals surface area contributed by atoms with Crippen LogP contribution < -0.4 is 5.32 Å². The Balaban J connectivity index is 1.88. The lowest BCUT2D eigenvalue weighted by molar-refractivity contribution is -0.384. The summed E-state index contributed by atoms with van der Waals surface area (Å²) in [6, 6.07) is 3.14. The molecule has 1 aliphatic rings. The lowest BCUT2D eigenvalue weighted by atomic mass is 10.0. The number of likely N-dealkylation sites (N-methyl/N-ethyl adjacent to an activating group) is 1. The first kappa shape index (κ1) is 16.2. The van der Waals surface area contributed by atoms with Crippen LogP contribution in [0, 0.1) is 10.1 Å². The number of likely N-dealkylation sites (tertiary alicyclic amines) is 1. The maximum atomic E-state index is 11.7. The molecule has 0 spiro atoms. The number of anilines is 1. The number of aromatic nitrogens is 1. The lowest BCUT2D eigenvalue weighted by Gasteiger charge is -2.32. The van der Waals surface area contributed by atoms with Gasteiger partial charge >= 0.3 is 5.69 Å². The molecule has 1 aliphatic heterocycles. The second-order valence-electron chi connectivity index (χ2n) is 5.61. The third kappa shape index (κ3) is 4.14. The molecule has 8 heteroatoms. The molecule has 0 unspecified atom stereocenters. The number of amides is 1. The zero-order chi connectivity index (χ0) is 16.1. The molecule has 120 valence electrons. The highest BCUT2D eigenvalue weighted by molar-refractivity contribution is 5.77. The molecule has 0 radical (unpaired) electrons. The fraction of sp³-hybridized carbons (Fsp3) is 0.571. The molecule has 0 aliphatic carbocycles. The van der Waals surface area contributed by atoms with E-state index < -0.39 is 4.92 Å². The van der Waals surface area contributed by atoms with E-state index in [1.807, 2.05) is 0 Å². The van der Waals surface area contributed by atoms with Gasteiger partial charge in [-0.15, -0.1) is 0 Å². The monoisotopic (exact) mass is 307 g/mol. The molecule has 1 aromatic rings. The van der Waals surface area contributed by atoms with Crippen molar-refractivity contribution in [2.24, 2.45) is 0 Å². The predicted molar refractivity (Wildman–Crippen MR) is 82.7 cm³/mol. The summed E-state index contributed by atoms with van der Waals surface area (Å²) in [7, 11) is 3.49. The van der Waals surface area contributed by atoms with Crippen LogP contribution >= 0.6 is 0 Å². The van der Waals surface area contributed by atoms with Crippen LogP contribution in [0.15, 0.2) is 18.3 Å². The van der Waals surface area contributed by atoms with Crippen LogP contribution in [0.1, 0.15) is 12.8 Å². The maximum absolute atomic E-state index is 11.7. The average Bonchev–Trinajstić information content (AvgIpc) is 2.49. The van der Waals surface area contributed by atoms with E-state index in [1.165, 1.54) is 6.07 Å². The molecule has 0 atom stereocenters. The van der Waals surface area contributed by atoms with Crippen molar-refractivity contribution in [3.05, 3.63) is 28.4 Å². The Labute approximate surface area is 129 Å². The number of carbonyl (C=O) groups excluding carboxylic acids is 1. The first-order chi connectivity index (χ1) is 10.5. The molecular formula is C14H21N5O3. The molecular weight excluding hydrogens is 286 g/mol. The van der Waals surface area contributed by atoms with Gasteiger partial charge < -0.3 is 10.2 Å². The van der Waals surface area contributed by atoms with Crippen molar-refractivity contribution in [1.29, 1.82) is 0 Å². The Hall–Kier alpha value is -2.22. The van der Waals surface area contributed by atoms with Crippen molar-refractivity contribution >= 4 is 17.4 Å². The summed E-state index contributed by atoms with van der Waals surface area (Å²) in [4.78, 5) is 30.0. The van der Waals surface area contributed by atoms with Crippen molar-refractivity contribution in [3.8, 4) is 0 Å². The predicted octanol–water partition coefficient (Wildman–Crippen LogP) is 0.954. The number of piperidine rings is 1. The molecule has 8 nitrogen and oxygen atoms in total. The third-order valence-corrected chi connectivity index (χ3v) is 3.77. The molecule has 2 rings (SSSR count). The van der Waals surface area contributed by atoms with E-state index in [0.717, 1.165) is 25.9 Å². The van der Waals surface area contributed by atoms with Gasteiger partial charge in [-0.25, -0.2) is 4.98 Å². The zero-order valence-corrected chi connectivity index (χ0v) is 12.9. The highest BCUT2D eigenvalue weighted by Crippen LogP contribution is 2.23. The highest BCUT2D eigenvalue weighted by atomic mass is 16.6. The minimum atomic E-state index is -0.430. The van der Waals surface area contributed by atoms with Gasteiger partial charge in [0.15, 0.2) is 0 Å². The van der Waals surface area contributed by atoms with Crippen molar-refractivity contribution in [2.75, 3.05) is 39.0 Å². The SMILES string of the molecule is CN(C)C(=O)CN1CCC(Nc2ncccc2[N+](=O)[O-])CC1. The second-order valence-corrected chi connectivity index (χ2v) is 5.61. The Morgan fingerprint density at radius 3 is 2.77 bits per heavy atom. The second kappa shape index (κ2) is 7.17. The average molecular weight is 307 g/mol. The molecule has 22 heavy (non-hydrogen) atoms. The third-order valence-electron chi connectivity index (χ3n) is 3.77. The molecule has 1 fully saturated rings. The Bertz CT molecular complexity index is 541.